The van der Waals surface area contributed by atoms with Crippen molar-refractivity contribution in [1.82, 2.24) is 10.2 Å². The number of nitrogens with one attached hydrogen (secondary N) is 1. The second kappa shape index (κ2) is 6.92. The van der Waals surface area contributed by atoms with Gasteiger partial charge in [-0.25, -0.2) is 0 Å². The van der Waals surface area contributed by atoms with Gasteiger partial charge in [0.05, 0.1) is 13.3 Å². The van der Waals surface area contributed by atoms with Crippen LogP contribution in [0.1, 0.15) is 5.56 Å². The molecular formula is C13H16ClN3O2. The summed E-state index contributed by atoms with van der Waals surface area (Å²) in [5.74, 6) is -0.395. The highest BCUT2D eigenvalue weighted by molar-refractivity contribution is 5.85. The molecule has 0 saturated carbocycles. The lowest BCUT2D eigenvalue weighted by molar-refractivity contribution is -0.142. The minimum absolute atomic E-state index is 0. The van der Waals surface area contributed by atoms with Gasteiger partial charge in [-0.1, -0.05) is 24.3 Å². The van der Waals surface area contributed by atoms with E-state index in [2.05, 4.69) is 14.9 Å². The number of carbonyl (C=O) groups is 1. The number of hydrogen-bond acceptors (Lipinski definition) is 4. The highest BCUT2D eigenvalue weighted by Crippen LogP contribution is 2.18. The summed E-state index contributed by atoms with van der Waals surface area (Å²) in [4.78, 5) is 11.2. The standard InChI is InChI=1S/C13H15N3O2.ClH/c1-18-13(17)12(14)6-9-2-4-10(5-3-9)11-7-15-16-8-11;/h2-5,7-8,12H,6,14H2,1H3,(H,15,16);1H/t12-;/m0./s1. The molecule has 102 valence electrons. The van der Waals surface area contributed by atoms with E-state index in [9.17, 15) is 4.79 Å². The van der Waals surface area contributed by atoms with E-state index in [0.717, 1.165) is 16.7 Å². The van der Waals surface area contributed by atoms with Gasteiger partial charge in [-0.15, -0.1) is 12.4 Å². The average molecular weight is 282 g/mol. The number of hydrogen-bond donors (Lipinski definition) is 2. The van der Waals surface area contributed by atoms with Crippen LogP contribution in [0.5, 0.6) is 0 Å². The molecule has 2 aromatic rings. The smallest absolute Gasteiger partial charge is 0.322 e. The molecule has 0 aliphatic heterocycles. The van der Waals surface area contributed by atoms with E-state index in [1.807, 2.05) is 30.5 Å². The van der Waals surface area contributed by atoms with E-state index < -0.39 is 12.0 Å². The molecule has 1 heterocycles. The van der Waals surface area contributed by atoms with Crippen LogP contribution in [-0.4, -0.2) is 29.3 Å². The lowest BCUT2D eigenvalue weighted by Crippen LogP contribution is -2.33. The van der Waals surface area contributed by atoms with Crippen molar-refractivity contribution in [1.29, 1.82) is 0 Å². The van der Waals surface area contributed by atoms with E-state index in [4.69, 9.17) is 5.73 Å². The monoisotopic (exact) mass is 281 g/mol. The minimum atomic E-state index is -0.616. The molecule has 19 heavy (non-hydrogen) atoms. The van der Waals surface area contributed by atoms with Crippen LogP contribution in [-0.2, 0) is 16.0 Å². The van der Waals surface area contributed by atoms with Crippen molar-refractivity contribution in [2.45, 2.75) is 12.5 Å². The zero-order chi connectivity index (χ0) is 13.0. The van der Waals surface area contributed by atoms with Crippen molar-refractivity contribution < 1.29 is 9.53 Å². The lowest BCUT2D eigenvalue weighted by Gasteiger charge is -2.09. The van der Waals surface area contributed by atoms with Gasteiger partial charge in [0.15, 0.2) is 0 Å². The number of carbonyl (C=O) groups excluding carboxylic acids is 1. The van der Waals surface area contributed by atoms with Crippen LogP contribution >= 0.6 is 12.4 Å². The summed E-state index contributed by atoms with van der Waals surface area (Å²) < 4.78 is 4.59. The van der Waals surface area contributed by atoms with Gasteiger partial charge in [0, 0.05) is 11.8 Å². The van der Waals surface area contributed by atoms with Crippen LogP contribution in [0.15, 0.2) is 36.7 Å². The Morgan fingerprint density at radius 2 is 2.05 bits per heavy atom. The fourth-order valence-corrected chi connectivity index (χ4v) is 1.73. The van der Waals surface area contributed by atoms with Crippen molar-refractivity contribution in [2.75, 3.05) is 7.11 Å². The predicted molar refractivity (Wildman–Crippen MR) is 75.0 cm³/mol. The second-order valence-corrected chi connectivity index (χ2v) is 4.02. The molecule has 0 amide bonds. The number of aromatic amines is 1. The largest absolute Gasteiger partial charge is 0.468 e. The second-order valence-electron chi connectivity index (χ2n) is 4.02. The number of benzene rings is 1. The molecule has 5 nitrogen and oxygen atoms in total. The van der Waals surface area contributed by atoms with Gasteiger partial charge in [0.25, 0.3) is 0 Å². The molecule has 1 aromatic carbocycles. The molecule has 0 bridgehead atoms. The maximum absolute atomic E-state index is 11.2. The van der Waals surface area contributed by atoms with Gasteiger partial charge in [0.2, 0.25) is 0 Å². The first-order chi connectivity index (χ1) is 8.70. The molecule has 1 aromatic heterocycles. The number of ether oxygens (including phenoxy) is 1. The van der Waals surface area contributed by atoms with Crippen molar-refractivity contribution in [3.05, 3.63) is 42.2 Å². The normalized spacial score (nSPS) is 11.5. The van der Waals surface area contributed by atoms with Gasteiger partial charge in [0.1, 0.15) is 6.04 Å². The van der Waals surface area contributed by atoms with Crippen LogP contribution in [0.4, 0.5) is 0 Å². The fraction of sp³-hybridized carbons (Fsp3) is 0.231. The van der Waals surface area contributed by atoms with Gasteiger partial charge in [-0.3, -0.25) is 9.89 Å². The third-order valence-corrected chi connectivity index (χ3v) is 2.75. The maximum Gasteiger partial charge on any atom is 0.322 e. The fourth-order valence-electron chi connectivity index (χ4n) is 1.73. The van der Waals surface area contributed by atoms with Crippen molar-refractivity contribution in [2.24, 2.45) is 5.73 Å². The van der Waals surface area contributed by atoms with E-state index in [1.54, 1.807) is 6.20 Å². The molecule has 6 heteroatoms. The van der Waals surface area contributed by atoms with Crippen molar-refractivity contribution in [3.63, 3.8) is 0 Å². The zero-order valence-electron chi connectivity index (χ0n) is 10.5. The molecule has 0 fully saturated rings. The van der Waals surface area contributed by atoms with Crippen LogP contribution in [0, 0.1) is 0 Å². The molecule has 2 rings (SSSR count). The summed E-state index contributed by atoms with van der Waals surface area (Å²) in [6.45, 7) is 0. The van der Waals surface area contributed by atoms with Gasteiger partial charge < -0.3 is 10.5 Å². The van der Waals surface area contributed by atoms with Gasteiger partial charge >= 0.3 is 5.97 Å². The first kappa shape index (κ1) is 15.2. The summed E-state index contributed by atoms with van der Waals surface area (Å²) in [7, 11) is 1.34. The van der Waals surface area contributed by atoms with E-state index in [1.165, 1.54) is 7.11 Å². The number of aromatic nitrogens is 2. The Morgan fingerprint density at radius 1 is 1.37 bits per heavy atom. The third kappa shape index (κ3) is 3.81. The van der Waals surface area contributed by atoms with E-state index in [0.29, 0.717) is 6.42 Å². The number of esters is 1. The number of halogens is 1. The Balaban J connectivity index is 0.00000180. The van der Waals surface area contributed by atoms with Gasteiger partial charge in [-0.05, 0) is 17.5 Å². The molecular weight excluding hydrogens is 266 g/mol. The van der Waals surface area contributed by atoms with Crippen LogP contribution in [0.3, 0.4) is 0 Å². The number of rotatable bonds is 4. The predicted octanol–water partition coefficient (Wildman–Crippen LogP) is 1.54. The third-order valence-electron chi connectivity index (χ3n) is 2.75. The maximum atomic E-state index is 11.2. The Labute approximate surface area is 117 Å². The molecule has 0 aliphatic rings. The van der Waals surface area contributed by atoms with Crippen molar-refractivity contribution >= 4 is 18.4 Å². The molecule has 0 spiro atoms. The average Bonchev–Trinajstić information content (AvgIpc) is 2.92. The molecule has 0 radical (unpaired) electrons. The number of methoxy groups -OCH3 is 1. The first-order valence-corrected chi connectivity index (χ1v) is 5.62. The molecule has 1 atom stereocenters. The van der Waals surface area contributed by atoms with E-state index in [-0.39, 0.29) is 12.4 Å². The summed E-state index contributed by atoms with van der Waals surface area (Å²) in [5, 5.41) is 6.66. The number of nitrogens with zero attached hydrogens (tertiary/aromatic N) is 1. The number of H-pyrrole nitrogens is 1. The number of nitrogens with two attached hydrogens (primary N) is 1. The minimum Gasteiger partial charge on any atom is -0.468 e. The van der Waals surface area contributed by atoms with Crippen molar-refractivity contribution in [3.8, 4) is 11.1 Å². The molecule has 3 N–H and O–H groups in total. The van der Waals surface area contributed by atoms with Crippen LogP contribution in [0.25, 0.3) is 11.1 Å². The van der Waals surface area contributed by atoms with Gasteiger partial charge in [-0.2, -0.15) is 5.10 Å². The Hall–Kier alpha value is -1.85. The Bertz CT molecular complexity index is 511. The summed E-state index contributed by atoms with van der Waals surface area (Å²) in [5.41, 5.74) is 8.80. The lowest BCUT2D eigenvalue weighted by atomic mass is 10.0. The molecule has 0 saturated heterocycles. The van der Waals surface area contributed by atoms with E-state index >= 15 is 0 Å². The summed E-state index contributed by atoms with van der Waals surface area (Å²) >= 11 is 0. The highest BCUT2D eigenvalue weighted by atomic mass is 35.5. The Morgan fingerprint density at radius 3 is 2.58 bits per heavy atom. The summed E-state index contributed by atoms with van der Waals surface area (Å²) in [6.07, 6.45) is 4.06. The van der Waals surface area contributed by atoms with Crippen LogP contribution < -0.4 is 5.73 Å². The SMILES string of the molecule is COC(=O)[C@@H](N)Cc1ccc(-c2cn[nH]c2)cc1.Cl. The highest BCUT2D eigenvalue weighted by Gasteiger charge is 2.14. The quantitative estimate of drug-likeness (QED) is 0.833. The molecule has 0 unspecified atom stereocenters. The molecule has 0 aliphatic carbocycles. The van der Waals surface area contributed by atoms with Crippen LogP contribution in [0.2, 0.25) is 0 Å². The topological polar surface area (TPSA) is 81.0 Å². The zero-order valence-corrected chi connectivity index (χ0v) is 11.3. The summed E-state index contributed by atoms with van der Waals surface area (Å²) in [6, 6.07) is 7.24. The Kier molecular flexibility index (Phi) is 5.54. The first-order valence-electron chi connectivity index (χ1n) is 5.62.